The molecule has 0 spiro atoms. The second-order valence-corrected chi connectivity index (χ2v) is 7.59. The standard InChI is InChI=1S/C17H15NS3/c1-12-8-10-14(11-9-12)18-17-16(19-2)15(20-21-17)13-6-4-3-5-7-13/h3-11H,1-2H3. The molecule has 2 aromatic carbocycles. The zero-order chi connectivity index (χ0) is 14.7. The van der Waals surface area contributed by atoms with E-state index < -0.39 is 0 Å². The Morgan fingerprint density at radius 1 is 0.905 bits per heavy atom. The van der Waals surface area contributed by atoms with Gasteiger partial charge in [0.25, 0.3) is 0 Å². The van der Waals surface area contributed by atoms with Gasteiger partial charge in [0, 0.05) is 0 Å². The highest BCUT2D eigenvalue weighted by molar-refractivity contribution is 7.99. The average Bonchev–Trinajstić information content (AvgIpc) is 2.93. The number of thioether (sulfide) groups is 1. The Hall–Kier alpha value is -1.36. The summed E-state index contributed by atoms with van der Waals surface area (Å²) in [6.45, 7) is 2.10. The Balaban J connectivity index is 2.08. The molecule has 0 aliphatic rings. The van der Waals surface area contributed by atoms with Crippen molar-refractivity contribution in [1.82, 2.24) is 0 Å². The van der Waals surface area contributed by atoms with Crippen molar-refractivity contribution in [3.8, 4) is 10.4 Å². The molecule has 0 aliphatic carbocycles. The highest BCUT2D eigenvalue weighted by Gasteiger charge is 2.10. The van der Waals surface area contributed by atoms with Gasteiger partial charge in [0.2, 0.25) is 0 Å². The first kappa shape index (κ1) is 14.6. The maximum absolute atomic E-state index is 4.81. The molecule has 1 heterocycles. The van der Waals surface area contributed by atoms with E-state index in [1.54, 1.807) is 32.4 Å². The molecule has 3 rings (SSSR count). The highest BCUT2D eigenvalue weighted by atomic mass is 32.9. The molecule has 0 fully saturated rings. The van der Waals surface area contributed by atoms with Crippen LogP contribution in [-0.2, 0) is 0 Å². The summed E-state index contributed by atoms with van der Waals surface area (Å²) >= 11 is 1.77. The van der Waals surface area contributed by atoms with Crippen molar-refractivity contribution in [2.75, 3.05) is 6.26 Å². The van der Waals surface area contributed by atoms with Crippen molar-refractivity contribution in [1.29, 1.82) is 0 Å². The molecular formula is C17H15NS3. The maximum Gasteiger partial charge on any atom is 0.141 e. The van der Waals surface area contributed by atoms with Gasteiger partial charge in [0.15, 0.2) is 0 Å². The van der Waals surface area contributed by atoms with E-state index in [1.165, 1.54) is 20.9 Å². The van der Waals surface area contributed by atoms with Crippen LogP contribution in [0.4, 0.5) is 5.69 Å². The lowest BCUT2D eigenvalue weighted by atomic mass is 10.2. The molecule has 0 amide bonds. The normalized spacial score (nSPS) is 11.8. The molecule has 0 unspecified atom stereocenters. The third-order valence-electron chi connectivity index (χ3n) is 3.11. The number of nitrogens with zero attached hydrogens (tertiary/aromatic N) is 1. The van der Waals surface area contributed by atoms with E-state index in [0.29, 0.717) is 0 Å². The Morgan fingerprint density at radius 2 is 1.62 bits per heavy atom. The largest absolute Gasteiger partial charge is 0.236 e. The van der Waals surface area contributed by atoms with Gasteiger partial charge in [-0.15, -0.1) is 11.8 Å². The topological polar surface area (TPSA) is 12.4 Å². The van der Waals surface area contributed by atoms with Crippen molar-refractivity contribution < 1.29 is 0 Å². The van der Waals surface area contributed by atoms with Crippen molar-refractivity contribution in [2.45, 2.75) is 11.8 Å². The van der Waals surface area contributed by atoms with Gasteiger partial charge in [0.1, 0.15) is 4.67 Å². The highest BCUT2D eigenvalue weighted by Crippen LogP contribution is 2.34. The summed E-state index contributed by atoms with van der Waals surface area (Å²) < 4.78 is 1.11. The van der Waals surface area contributed by atoms with E-state index in [4.69, 9.17) is 4.99 Å². The molecule has 0 saturated heterocycles. The third kappa shape index (κ3) is 3.28. The van der Waals surface area contributed by atoms with Gasteiger partial charge in [0.05, 0.1) is 15.5 Å². The number of hydrogen-bond acceptors (Lipinski definition) is 4. The molecule has 0 atom stereocenters. The molecule has 0 saturated carbocycles. The van der Waals surface area contributed by atoms with Gasteiger partial charge >= 0.3 is 0 Å². The first-order valence-corrected chi connectivity index (χ1v) is 9.99. The molecule has 0 N–H and O–H groups in total. The molecule has 3 aromatic rings. The lowest BCUT2D eigenvalue weighted by Crippen LogP contribution is -1.96. The average molecular weight is 330 g/mol. The third-order valence-corrected chi connectivity index (χ3v) is 6.54. The molecule has 0 bridgehead atoms. The molecule has 1 nitrogen and oxygen atoms in total. The van der Waals surface area contributed by atoms with Crippen LogP contribution in [0, 0.1) is 6.92 Å². The van der Waals surface area contributed by atoms with E-state index in [9.17, 15) is 0 Å². The summed E-state index contributed by atoms with van der Waals surface area (Å²) in [6, 6.07) is 18.9. The van der Waals surface area contributed by atoms with Gasteiger partial charge in [-0.1, -0.05) is 68.7 Å². The van der Waals surface area contributed by atoms with Crippen LogP contribution in [0.25, 0.3) is 10.4 Å². The number of rotatable bonds is 3. The summed E-state index contributed by atoms with van der Waals surface area (Å²) in [4.78, 5) is 7.40. The molecular weight excluding hydrogens is 314 g/mol. The van der Waals surface area contributed by atoms with Gasteiger partial charge in [-0.3, -0.25) is 0 Å². The van der Waals surface area contributed by atoms with Crippen molar-refractivity contribution in [2.24, 2.45) is 4.99 Å². The first-order valence-electron chi connectivity index (χ1n) is 6.62. The second kappa shape index (κ2) is 6.60. The number of benzene rings is 2. The fourth-order valence-electron chi connectivity index (χ4n) is 2.01. The van der Waals surface area contributed by atoms with E-state index in [1.807, 2.05) is 0 Å². The van der Waals surface area contributed by atoms with Crippen LogP contribution in [-0.4, -0.2) is 6.26 Å². The summed E-state index contributed by atoms with van der Waals surface area (Å²) in [5, 5.41) is 0. The van der Waals surface area contributed by atoms with E-state index in [0.717, 1.165) is 10.4 Å². The Kier molecular flexibility index (Phi) is 4.58. The molecule has 0 aliphatic heterocycles. The number of aryl methyl sites for hydroxylation is 1. The van der Waals surface area contributed by atoms with E-state index >= 15 is 0 Å². The van der Waals surface area contributed by atoms with Crippen LogP contribution in [0.5, 0.6) is 0 Å². The van der Waals surface area contributed by atoms with Gasteiger partial charge in [-0.25, -0.2) is 4.99 Å². The minimum Gasteiger partial charge on any atom is -0.236 e. The smallest absolute Gasteiger partial charge is 0.141 e. The summed E-state index contributed by atoms with van der Waals surface area (Å²) in [7, 11) is 3.55. The van der Waals surface area contributed by atoms with E-state index in [-0.39, 0.29) is 0 Å². The molecule has 21 heavy (non-hydrogen) atoms. The van der Waals surface area contributed by atoms with Gasteiger partial charge < -0.3 is 0 Å². The SMILES string of the molecule is CSc1c(-c2ccccc2)ssc1=Nc1ccc(C)cc1. The summed E-state index contributed by atoms with van der Waals surface area (Å²) in [5.41, 5.74) is 3.55. The summed E-state index contributed by atoms with van der Waals surface area (Å²) in [5.74, 6) is 0. The van der Waals surface area contributed by atoms with Crippen molar-refractivity contribution >= 4 is 38.1 Å². The predicted molar refractivity (Wildman–Crippen MR) is 95.8 cm³/mol. The van der Waals surface area contributed by atoms with Crippen LogP contribution in [0.2, 0.25) is 0 Å². The Bertz CT molecular complexity index is 783. The van der Waals surface area contributed by atoms with Crippen LogP contribution >= 0.6 is 32.4 Å². The lowest BCUT2D eigenvalue weighted by molar-refractivity contribution is 1.32. The predicted octanol–water partition coefficient (Wildman–Crippen LogP) is 5.74. The number of hydrogen-bond donors (Lipinski definition) is 0. The van der Waals surface area contributed by atoms with Crippen LogP contribution in [0.3, 0.4) is 0 Å². The molecule has 1 aromatic heterocycles. The maximum atomic E-state index is 4.81. The quantitative estimate of drug-likeness (QED) is 0.441. The summed E-state index contributed by atoms with van der Waals surface area (Å²) in [6.07, 6.45) is 2.12. The minimum atomic E-state index is 1.02. The van der Waals surface area contributed by atoms with Crippen LogP contribution in [0.1, 0.15) is 5.56 Å². The monoisotopic (exact) mass is 329 g/mol. The fourth-order valence-corrected chi connectivity index (χ4v) is 5.94. The Morgan fingerprint density at radius 3 is 2.29 bits per heavy atom. The van der Waals surface area contributed by atoms with Crippen LogP contribution in [0.15, 0.2) is 64.5 Å². The molecule has 0 radical (unpaired) electrons. The zero-order valence-electron chi connectivity index (χ0n) is 11.9. The lowest BCUT2D eigenvalue weighted by Gasteiger charge is -2.00. The van der Waals surface area contributed by atoms with Crippen molar-refractivity contribution in [3.63, 3.8) is 0 Å². The van der Waals surface area contributed by atoms with Gasteiger partial charge in [-0.2, -0.15) is 0 Å². The second-order valence-electron chi connectivity index (χ2n) is 4.65. The minimum absolute atomic E-state index is 1.02. The van der Waals surface area contributed by atoms with E-state index in [2.05, 4.69) is 67.8 Å². The first-order chi connectivity index (χ1) is 10.3. The van der Waals surface area contributed by atoms with Gasteiger partial charge in [-0.05, 0) is 30.9 Å². The zero-order valence-corrected chi connectivity index (χ0v) is 14.3. The van der Waals surface area contributed by atoms with Crippen molar-refractivity contribution in [3.05, 3.63) is 64.8 Å². The van der Waals surface area contributed by atoms with Crippen LogP contribution < -0.4 is 4.67 Å². The Labute approximate surface area is 136 Å². The fraction of sp³-hybridized carbons (Fsp3) is 0.118. The molecule has 4 heteroatoms. The molecule has 106 valence electrons.